The molecule has 3 N–H and O–H groups in total. The number of carbonyl (C=O) groups is 1. The number of hydrogen-bond acceptors (Lipinski definition) is 6. The molecule has 1 aliphatic carbocycles. The molecular weight excluding hydrogens is 394 g/mol. The fourth-order valence-electron chi connectivity index (χ4n) is 3.20. The molecule has 2 aromatic heterocycles. The summed E-state index contributed by atoms with van der Waals surface area (Å²) in [6.45, 7) is 1.71. The number of nitrogens with one attached hydrogen (secondary N) is 1. The number of alkyl halides is 2. The zero-order valence-corrected chi connectivity index (χ0v) is 15.7. The molecule has 0 bridgehead atoms. The van der Waals surface area contributed by atoms with Crippen LogP contribution in [0.4, 0.5) is 8.78 Å². The first kappa shape index (κ1) is 20.2. The van der Waals surface area contributed by atoms with Crippen LogP contribution in [0.3, 0.4) is 0 Å². The topological polar surface area (TPSA) is 108 Å². The largest absolute Gasteiger partial charge is 0.501 e. The van der Waals surface area contributed by atoms with Crippen LogP contribution in [0.5, 0.6) is 11.6 Å². The highest BCUT2D eigenvalue weighted by molar-refractivity contribution is 6.30. The number of aromatic hydroxyl groups is 2. The van der Waals surface area contributed by atoms with Crippen LogP contribution in [-0.4, -0.2) is 43.0 Å². The van der Waals surface area contributed by atoms with Crippen LogP contribution in [0.15, 0.2) is 18.3 Å². The van der Waals surface area contributed by atoms with E-state index in [-0.39, 0.29) is 43.1 Å². The lowest BCUT2D eigenvalue weighted by Gasteiger charge is -2.32. The van der Waals surface area contributed by atoms with Gasteiger partial charge in [-0.2, -0.15) is 4.98 Å². The first-order valence-electron chi connectivity index (χ1n) is 8.77. The van der Waals surface area contributed by atoms with E-state index in [0.717, 1.165) is 0 Å². The SMILES string of the molecule is CC(NC(=O)c1nc(-c2cc(Cl)ccn2)nc(O)c1O)C1CCC(F)(F)CC1. The summed E-state index contributed by atoms with van der Waals surface area (Å²) in [6.07, 6.45) is 1.54. The lowest BCUT2D eigenvalue weighted by molar-refractivity contribution is -0.0485. The summed E-state index contributed by atoms with van der Waals surface area (Å²) in [7, 11) is 0. The second-order valence-electron chi connectivity index (χ2n) is 6.88. The van der Waals surface area contributed by atoms with Gasteiger partial charge in [0.2, 0.25) is 11.7 Å². The van der Waals surface area contributed by atoms with Crippen molar-refractivity contribution in [1.29, 1.82) is 0 Å². The fourth-order valence-corrected chi connectivity index (χ4v) is 3.36. The summed E-state index contributed by atoms with van der Waals surface area (Å²) in [5.41, 5.74) is -0.225. The van der Waals surface area contributed by atoms with Crippen LogP contribution in [0.1, 0.15) is 43.1 Å². The molecule has 3 rings (SSSR count). The minimum atomic E-state index is -2.66. The smallest absolute Gasteiger partial charge is 0.274 e. The molecule has 0 spiro atoms. The normalized spacial score (nSPS) is 17.9. The summed E-state index contributed by atoms with van der Waals surface area (Å²) in [5.74, 6) is -5.16. The third-order valence-electron chi connectivity index (χ3n) is 4.86. The number of nitrogens with zero attached hydrogens (tertiary/aromatic N) is 3. The van der Waals surface area contributed by atoms with E-state index in [0.29, 0.717) is 5.02 Å². The molecule has 0 aliphatic heterocycles. The van der Waals surface area contributed by atoms with Crippen molar-refractivity contribution in [3.8, 4) is 23.1 Å². The molecule has 10 heteroatoms. The zero-order valence-electron chi connectivity index (χ0n) is 15.0. The van der Waals surface area contributed by atoms with Gasteiger partial charge in [0.1, 0.15) is 5.69 Å². The average Bonchev–Trinajstić information content (AvgIpc) is 2.63. The number of carbonyl (C=O) groups excluding carboxylic acids is 1. The lowest BCUT2D eigenvalue weighted by Crippen LogP contribution is -2.41. The highest BCUT2D eigenvalue weighted by Gasteiger charge is 2.37. The van der Waals surface area contributed by atoms with Crippen molar-refractivity contribution in [2.24, 2.45) is 5.92 Å². The van der Waals surface area contributed by atoms with E-state index in [4.69, 9.17) is 11.6 Å². The molecule has 0 radical (unpaired) electrons. The van der Waals surface area contributed by atoms with E-state index in [1.807, 2.05) is 0 Å². The van der Waals surface area contributed by atoms with Crippen molar-refractivity contribution in [3.05, 3.63) is 29.0 Å². The summed E-state index contributed by atoms with van der Waals surface area (Å²) in [5, 5.41) is 22.9. The summed E-state index contributed by atoms with van der Waals surface area (Å²) >= 11 is 5.90. The van der Waals surface area contributed by atoms with Gasteiger partial charge < -0.3 is 15.5 Å². The van der Waals surface area contributed by atoms with Crippen LogP contribution in [0.2, 0.25) is 5.02 Å². The van der Waals surface area contributed by atoms with Gasteiger partial charge in [-0.15, -0.1) is 0 Å². The molecule has 1 atom stereocenters. The summed E-state index contributed by atoms with van der Waals surface area (Å²) in [6, 6.07) is 2.57. The molecule has 1 unspecified atom stereocenters. The van der Waals surface area contributed by atoms with Crippen LogP contribution in [-0.2, 0) is 0 Å². The van der Waals surface area contributed by atoms with Crippen molar-refractivity contribution in [3.63, 3.8) is 0 Å². The van der Waals surface area contributed by atoms with Gasteiger partial charge in [0.05, 0.1) is 0 Å². The van der Waals surface area contributed by atoms with Gasteiger partial charge in [0, 0.05) is 30.1 Å². The Balaban J connectivity index is 1.79. The molecule has 150 valence electrons. The van der Waals surface area contributed by atoms with Gasteiger partial charge in [0.25, 0.3) is 11.8 Å². The van der Waals surface area contributed by atoms with Gasteiger partial charge in [0.15, 0.2) is 11.5 Å². The van der Waals surface area contributed by atoms with Crippen LogP contribution in [0, 0.1) is 5.92 Å². The minimum absolute atomic E-state index is 0.0899. The van der Waals surface area contributed by atoms with Gasteiger partial charge in [-0.05, 0) is 37.8 Å². The molecule has 1 saturated carbocycles. The number of hydrogen-bond donors (Lipinski definition) is 3. The Labute approximate surface area is 164 Å². The zero-order chi connectivity index (χ0) is 20.5. The maximum Gasteiger partial charge on any atom is 0.274 e. The molecule has 1 fully saturated rings. The third-order valence-corrected chi connectivity index (χ3v) is 5.09. The second-order valence-corrected chi connectivity index (χ2v) is 7.32. The average molecular weight is 413 g/mol. The first-order valence-corrected chi connectivity index (χ1v) is 9.14. The third kappa shape index (κ3) is 4.46. The molecule has 2 heterocycles. The van der Waals surface area contributed by atoms with Crippen LogP contribution in [0.25, 0.3) is 11.5 Å². The van der Waals surface area contributed by atoms with Crippen molar-refractivity contribution >= 4 is 17.5 Å². The summed E-state index contributed by atoms with van der Waals surface area (Å²) in [4.78, 5) is 24.3. The van der Waals surface area contributed by atoms with E-state index in [1.165, 1.54) is 18.3 Å². The molecule has 2 aromatic rings. The van der Waals surface area contributed by atoms with E-state index >= 15 is 0 Å². The maximum atomic E-state index is 13.3. The second kappa shape index (κ2) is 7.83. The molecule has 28 heavy (non-hydrogen) atoms. The Bertz CT molecular complexity index is 887. The Kier molecular flexibility index (Phi) is 5.64. The Morgan fingerprint density at radius 3 is 2.64 bits per heavy atom. The van der Waals surface area contributed by atoms with E-state index in [1.54, 1.807) is 6.92 Å². The quantitative estimate of drug-likeness (QED) is 0.708. The number of aromatic nitrogens is 3. The Hall–Kier alpha value is -2.55. The molecule has 1 amide bonds. The maximum absolute atomic E-state index is 13.3. The molecular formula is C18H19ClF2N4O3. The van der Waals surface area contributed by atoms with E-state index in [9.17, 15) is 23.8 Å². The monoisotopic (exact) mass is 412 g/mol. The minimum Gasteiger partial charge on any atom is -0.501 e. The predicted molar refractivity (Wildman–Crippen MR) is 97.4 cm³/mol. The van der Waals surface area contributed by atoms with Gasteiger partial charge >= 0.3 is 0 Å². The number of pyridine rings is 1. The van der Waals surface area contributed by atoms with Gasteiger partial charge in [-0.3, -0.25) is 9.78 Å². The standard InChI is InChI=1S/C18H19ClF2N4O3/c1-9(10-2-5-18(20,21)6-3-10)23-16(27)13-14(26)17(28)25-15(24-13)12-8-11(19)4-7-22-12/h4,7-10,26H,2-3,5-6H2,1H3,(H,23,27)(H,24,25,28). The highest BCUT2D eigenvalue weighted by atomic mass is 35.5. The van der Waals surface area contributed by atoms with Gasteiger partial charge in [-0.25, -0.2) is 13.8 Å². The number of halogens is 3. The fraction of sp³-hybridized carbons (Fsp3) is 0.444. The van der Waals surface area contributed by atoms with E-state index < -0.39 is 35.2 Å². The first-order chi connectivity index (χ1) is 13.2. The predicted octanol–water partition coefficient (Wildman–Crippen LogP) is 3.55. The van der Waals surface area contributed by atoms with Crippen molar-refractivity contribution < 1.29 is 23.8 Å². The number of amides is 1. The highest BCUT2D eigenvalue weighted by Crippen LogP contribution is 2.37. The Morgan fingerprint density at radius 2 is 2.00 bits per heavy atom. The van der Waals surface area contributed by atoms with Crippen LogP contribution < -0.4 is 5.32 Å². The van der Waals surface area contributed by atoms with Crippen molar-refractivity contribution in [1.82, 2.24) is 20.3 Å². The van der Waals surface area contributed by atoms with Crippen LogP contribution >= 0.6 is 11.6 Å². The molecule has 0 aromatic carbocycles. The molecule has 1 aliphatic rings. The molecule has 7 nitrogen and oxygen atoms in total. The van der Waals surface area contributed by atoms with Crippen molar-refractivity contribution in [2.75, 3.05) is 0 Å². The molecule has 0 saturated heterocycles. The van der Waals surface area contributed by atoms with Crippen molar-refractivity contribution in [2.45, 2.75) is 44.6 Å². The lowest BCUT2D eigenvalue weighted by atomic mass is 9.82. The van der Waals surface area contributed by atoms with Gasteiger partial charge in [-0.1, -0.05) is 11.6 Å². The Morgan fingerprint density at radius 1 is 1.32 bits per heavy atom. The number of rotatable bonds is 4. The van der Waals surface area contributed by atoms with E-state index in [2.05, 4.69) is 20.3 Å². The summed E-state index contributed by atoms with van der Waals surface area (Å²) < 4.78 is 26.6.